The molecule has 1 rings (SSSR count). The molecule has 0 spiro atoms. The average Bonchev–Trinajstić information content (AvgIpc) is 2.46. The van der Waals surface area contributed by atoms with Crippen molar-refractivity contribution in [3.05, 3.63) is 35.9 Å². The van der Waals surface area contributed by atoms with E-state index in [0.29, 0.717) is 12.1 Å². The lowest BCUT2D eigenvalue weighted by molar-refractivity contribution is 0.340. The fourth-order valence-corrected chi connectivity index (χ4v) is 2.61. The zero-order chi connectivity index (χ0) is 14.1. The number of hydrogen-bond donors (Lipinski definition) is 1. The third kappa shape index (κ3) is 5.78. The highest BCUT2D eigenvalue weighted by molar-refractivity contribution is 5.19. The van der Waals surface area contributed by atoms with Crippen LogP contribution < -0.4 is 5.32 Å². The fraction of sp³-hybridized carbons (Fsp3) is 0.667. The van der Waals surface area contributed by atoms with Crippen LogP contribution in [0.4, 0.5) is 0 Å². The molecular formula is C18H31N. The summed E-state index contributed by atoms with van der Waals surface area (Å²) in [5.74, 6) is 0.815. The highest BCUT2D eigenvalue weighted by Gasteiger charge is 2.16. The highest BCUT2D eigenvalue weighted by atomic mass is 14.9. The van der Waals surface area contributed by atoms with Crippen LogP contribution in [-0.4, -0.2) is 6.04 Å². The predicted molar refractivity (Wildman–Crippen MR) is 85.4 cm³/mol. The minimum absolute atomic E-state index is 0.514. The van der Waals surface area contributed by atoms with Crippen LogP contribution in [-0.2, 0) is 0 Å². The van der Waals surface area contributed by atoms with Gasteiger partial charge in [-0.2, -0.15) is 0 Å². The van der Waals surface area contributed by atoms with E-state index in [4.69, 9.17) is 0 Å². The van der Waals surface area contributed by atoms with E-state index in [0.717, 1.165) is 5.92 Å². The van der Waals surface area contributed by atoms with Crippen molar-refractivity contribution in [3.63, 3.8) is 0 Å². The molecule has 1 nitrogen and oxygen atoms in total. The minimum atomic E-state index is 0.514. The summed E-state index contributed by atoms with van der Waals surface area (Å²) in [5.41, 5.74) is 1.44. The normalized spacial score (nSPS) is 16.0. The van der Waals surface area contributed by atoms with E-state index in [2.05, 4.69) is 63.3 Å². The summed E-state index contributed by atoms with van der Waals surface area (Å²) in [7, 11) is 0. The average molecular weight is 261 g/mol. The molecule has 0 saturated carbocycles. The second-order valence-electron chi connectivity index (χ2n) is 5.77. The van der Waals surface area contributed by atoms with Crippen molar-refractivity contribution in [2.45, 2.75) is 71.9 Å². The Bertz CT molecular complexity index is 320. The SMILES string of the molecule is CCCC(NC(CC)CC(C)CC)c1ccccc1. The fourth-order valence-electron chi connectivity index (χ4n) is 2.61. The maximum Gasteiger partial charge on any atom is 0.0322 e. The largest absolute Gasteiger partial charge is 0.307 e. The zero-order valence-corrected chi connectivity index (χ0v) is 13.2. The van der Waals surface area contributed by atoms with Crippen molar-refractivity contribution in [2.24, 2.45) is 5.92 Å². The molecule has 0 aliphatic carbocycles. The standard InChI is InChI=1S/C18H31N/c1-5-11-18(16-12-9-8-10-13-16)19-17(7-3)14-15(4)6-2/h8-10,12-13,15,17-19H,5-7,11,14H2,1-4H3. The van der Waals surface area contributed by atoms with Gasteiger partial charge >= 0.3 is 0 Å². The minimum Gasteiger partial charge on any atom is -0.307 e. The van der Waals surface area contributed by atoms with Crippen LogP contribution in [0.5, 0.6) is 0 Å². The van der Waals surface area contributed by atoms with Crippen molar-refractivity contribution in [1.82, 2.24) is 5.32 Å². The molecule has 0 aliphatic heterocycles. The second kappa shape index (κ2) is 9.14. The van der Waals surface area contributed by atoms with Gasteiger partial charge in [0.05, 0.1) is 0 Å². The molecule has 0 amide bonds. The Balaban J connectivity index is 2.66. The molecule has 0 radical (unpaired) electrons. The molecule has 3 unspecified atom stereocenters. The van der Waals surface area contributed by atoms with E-state index in [-0.39, 0.29) is 0 Å². The first-order valence-corrected chi connectivity index (χ1v) is 8.02. The molecule has 0 aromatic heterocycles. The van der Waals surface area contributed by atoms with Crippen molar-refractivity contribution >= 4 is 0 Å². The summed E-state index contributed by atoms with van der Waals surface area (Å²) < 4.78 is 0. The van der Waals surface area contributed by atoms with Gasteiger partial charge in [0.1, 0.15) is 0 Å². The predicted octanol–water partition coefficient (Wildman–Crippen LogP) is 5.33. The van der Waals surface area contributed by atoms with E-state index in [9.17, 15) is 0 Å². The maximum atomic E-state index is 3.89. The monoisotopic (exact) mass is 261 g/mol. The Morgan fingerprint density at radius 1 is 1.00 bits per heavy atom. The number of nitrogens with one attached hydrogen (secondary N) is 1. The third-order valence-electron chi connectivity index (χ3n) is 4.09. The van der Waals surface area contributed by atoms with Crippen LogP contribution in [0.3, 0.4) is 0 Å². The molecule has 0 aliphatic rings. The lowest BCUT2D eigenvalue weighted by Gasteiger charge is -2.27. The Morgan fingerprint density at radius 2 is 1.68 bits per heavy atom. The maximum absolute atomic E-state index is 3.89. The lowest BCUT2D eigenvalue weighted by Crippen LogP contribution is -2.33. The molecule has 108 valence electrons. The number of hydrogen-bond acceptors (Lipinski definition) is 1. The second-order valence-corrected chi connectivity index (χ2v) is 5.77. The van der Waals surface area contributed by atoms with E-state index in [1.54, 1.807) is 0 Å². The molecule has 3 atom stereocenters. The summed E-state index contributed by atoms with van der Waals surface area (Å²) >= 11 is 0. The topological polar surface area (TPSA) is 12.0 Å². The van der Waals surface area contributed by atoms with Crippen molar-refractivity contribution < 1.29 is 0 Å². The molecule has 19 heavy (non-hydrogen) atoms. The molecule has 0 fully saturated rings. The Morgan fingerprint density at radius 3 is 2.21 bits per heavy atom. The van der Waals surface area contributed by atoms with Gasteiger partial charge in [-0.15, -0.1) is 0 Å². The van der Waals surface area contributed by atoms with Gasteiger partial charge in [0.2, 0.25) is 0 Å². The smallest absolute Gasteiger partial charge is 0.0322 e. The Labute approximate surface area is 119 Å². The first kappa shape index (κ1) is 16.2. The molecule has 0 saturated heterocycles. The number of benzene rings is 1. The van der Waals surface area contributed by atoms with Crippen molar-refractivity contribution in [1.29, 1.82) is 0 Å². The molecular weight excluding hydrogens is 230 g/mol. The highest BCUT2D eigenvalue weighted by Crippen LogP contribution is 2.21. The summed E-state index contributed by atoms with van der Waals surface area (Å²) in [6.45, 7) is 9.22. The summed E-state index contributed by atoms with van der Waals surface area (Å²) in [5, 5.41) is 3.89. The molecule has 0 heterocycles. The van der Waals surface area contributed by atoms with Crippen LogP contribution in [0.2, 0.25) is 0 Å². The van der Waals surface area contributed by atoms with E-state index < -0.39 is 0 Å². The van der Waals surface area contributed by atoms with Gasteiger partial charge in [0.15, 0.2) is 0 Å². The molecule has 1 N–H and O–H groups in total. The van der Waals surface area contributed by atoms with Gasteiger partial charge in [0.25, 0.3) is 0 Å². The quantitative estimate of drug-likeness (QED) is 0.633. The van der Waals surface area contributed by atoms with Gasteiger partial charge in [-0.1, -0.05) is 70.9 Å². The van der Waals surface area contributed by atoms with Crippen molar-refractivity contribution in [3.8, 4) is 0 Å². The van der Waals surface area contributed by atoms with Crippen molar-refractivity contribution in [2.75, 3.05) is 0 Å². The molecule has 1 aromatic rings. The van der Waals surface area contributed by atoms with Crippen LogP contribution in [0, 0.1) is 5.92 Å². The molecule has 1 heteroatoms. The lowest BCUT2D eigenvalue weighted by atomic mass is 9.95. The third-order valence-corrected chi connectivity index (χ3v) is 4.09. The van der Waals surface area contributed by atoms with Gasteiger partial charge in [-0.05, 0) is 30.7 Å². The van der Waals surface area contributed by atoms with E-state index in [1.807, 2.05) is 0 Å². The van der Waals surface area contributed by atoms with E-state index >= 15 is 0 Å². The Hall–Kier alpha value is -0.820. The van der Waals surface area contributed by atoms with Crippen LogP contribution in [0.25, 0.3) is 0 Å². The van der Waals surface area contributed by atoms with Crippen LogP contribution >= 0.6 is 0 Å². The number of rotatable bonds is 9. The van der Waals surface area contributed by atoms with E-state index in [1.165, 1.54) is 37.7 Å². The van der Waals surface area contributed by atoms with Crippen LogP contribution in [0.1, 0.15) is 71.4 Å². The van der Waals surface area contributed by atoms with Gasteiger partial charge in [0, 0.05) is 12.1 Å². The summed E-state index contributed by atoms with van der Waals surface area (Å²) in [6, 6.07) is 12.1. The molecule has 0 bridgehead atoms. The Kier molecular flexibility index (Phi) is 7.81. The molecule has 1 aromatic carbocycles. The van der Waals surface area contributed by atoms with Gasteiger partial charge in [-0.25, -0.2) is 0 Å². The summed E-state index contributed by atoms with van der Waals surface area (Å²) in [4.78, 5) is 0. The van der Waals surface area contributed by atoms with Gasteiger partial charge < -0.3 is 5.32 Å². The first-order valence-electron chi connectivity index (χ1n) is 8.02. The van der Waals surface area contributed by atoms with Gasteiger partial charge in [-0.3, -0.25) is 0 Å². The summed E-state index contributed by atoms with van der Waals surface area (Å²) in [6.07, 6.45) is 6.24. The van der Waals surface area contributed by atoms with Crippen LogP contribution in [0.15, 0.2) is 30.3 Å². The first-order chi connectivity index (χ1) is 9.21. The zero-order valence-electron chi connectivity index (χ0n) is 13.2.